The van der Waals surface area contributed by atoms with Gasteiger partial charge in [-0.1, -0.05) is 32.3 Å². The number of nitrogens with zero attached hydrogens (tertiary/aromatic N) is 1. The van der Waals surface area contributed by atoms with Crippen LogP contribution >= 0.6 is 0 Å². The van der Waals surface area contributed by atoms with Crippen LogP contribution in [0.3, 0.4) is 0 Å². The third kappa shape index (κ3) is 2.45. The lowest BCUT2D eigenvalue weighted by molar-refractivity contribution is -0.511. The van der Waals surface area contributed by atoms with E-state index in [2.05, 4.69) is 13.8 Å². The summed E-state index contributed by atoms with van der Waals surface area (Å²) in [7, 11) is 0. The molecule has 0 heterocycles. The lowest BCUT2D eigenvalue weighted by Gasteiger charge is -2.54. The highest BCUT2D eigenvalue weighted by Crippen LogP contribution is 2.64. The van der Waals surface area contributed by atoms with Crippen molar-refractivity contribution in [3.63, 3.8) is 0 Å². The van der Waals surface area contributed by atoms with Crippen LogP contribution in [0, 0.1) is 45.1 Å². The van der Waals surface area contributed by atoms with E-state index >= 15 is 0 Å². The van der Waals surface area contributed by atoms with Gasteiger partial charge in [0.2, 0.25) is 6.04 Å². The highest BCUT2D eigenvalue weighted by atomic mass is 16.6. The van der Waals surface area contributed by atoms with Crippen molar-refractivity contribution in [1.82, 2.24) is 0 Å². The molecule has 0 amide bonds. The molecule has 0 aromatic rings. The number of hydrogen-bond donors (Lipinski definition) is 0. The fourth-order valence-corrected chi connectivity index (χ4v) is 7.41. The first-order valence-electron chi connectivity index (χ1n) is 10.4. The zero-order valence-corrected chi connectivity index (χ0v) is 15.4. The number of allylic oxidation sites excluding steroid dienone is 1. The molecular formula is C21H33NO2. The van der Waals surface area contributed by atoms with E-state index < -0.39 is 6.04 Å². The monoisotopic (exact) mass is 331 g/mol. The summed E-state index contributed by atoms with van der Waals surface area (Å²) in [5.74, 6) is 4.30. The van der Waals surface area contributed by atoms with E-state index in [1.54, 1.807) is 0 Å². The van der Waals surface area contributed by atoms with Gasteiger partial charge in [-0.15, -0.1) is 0 Å². The van der Waals surface area contributed by atoms with E-state index in [4.69, 9.17) is 0 Å². The Morgan fingerprint density at radius 1 is 1.17 bits per heavy atom. The molecule has 24 heavy (non-hydrogen) atoms. The number of rotatable bonds is 3. The molecule has 0 spiro atoms. The highest BCUT2D eigenvalue weighted by molar-refractivity contribution is 5.20. The molecule has 0 saturated heterocycles. The van der Waals surface area contributed by atoms with Crippen molar-refractivity contribution in [1.29, 1.82) is 0 Å². The Bertz CT molecular complexity index is 542. The second-order valence-electron chi connectivity index (χ2n) is 9.36. The summed E-state index contributed by atoms with van der Waals surface area (Å²) in [4.78, 5) is 11.1. The van der Waals surface area contributed by atoms with Gasteiger partial charge < -0.3 is 0 Å². The summed E-state index contributed by atoms with van der Waals surface area (Å²) < 4.78 is 0. The molecule has 134 valence electrons. The molecule has 3 heteroatoms. The Hall–Kier alpha value is -0.860. The average molecular weight is 332 g/mol. The molecule has 7 atom stereocenters. The molecule has 4 aliphatic rings. The van der Waals surface area contributed by atoms with E-state index in [1.807, 2.05) is 6.08 Å². The van der Waals surface area contributed by atoms with Crippen molar-refractivity contribution < 1.29 is 4.92 Å². The lowest BCUT2D eigenvalue weighted by Crippen LogP contribution is -2.46. The first-order valence-corrected chi connectivity index (χ1v) is 10.4. The second-order valence-corrected chi connectivity index (χ2v) is 9.36. The van der Waals surface area contributed by atoms with Crippen molar-refractivity contribution in [2.45, 2.75) is 84.1 Å². The highest BCUT2D eigenvalue weighted by Gasteiger charge is 2.55. The summed E-state index contributed by atoms with van der Waals surface area (Å²) in [5.41, 5.74) is 2.05. The molecule has 0 radical (unpaired) electrons. The number of fused-ring (bicyclic) bond motifs is 5. The average Bonchev–Trinajstić information content (AvgIpc) is 2.91. The molecule has 4 rings (SSSR count). The summed E-state index contributed by atoms with van der Waals surface area (Å²) >= 11 is 0. The fourth-order valence-electron chi connectivity index (χ4n) is 7.41. The van der Waals surface area contributed by atoms with Gasteiger partial charge in [0.25, 0.3) is 0 Å². The van der Waals surface area contributed by atoms with Gasteiger partial charge in [-0.2, -0.15) is 0 Å². The van der Waals surface area contributed by atoms with Crippen LogP contribution < -0.4 is 0 Å². The van der Waals surface area contributed by atoms with Crippen LogP contribution in [0.15, 0.2) is 11.6 Å². The third-order valence-electron chi connectivity index (χ3n) is 8.54. The Labute approximate surface area is 146 Å². The Balaban J connectivity index is 1.55. The van der Waals surface area contributed by atoms with Crippen LogP contribution in [0.1, 0.15) is 78.1 Å². The summed E-state index contributed by atoms with van der Waals surface area (Å²) in [6.07, 6.45) is 14.8. The molecule has 0 bridgehead atoms. The molecule has 3 saturated carbocycles. The predicted octanol–water partition coefficient (Wildman–Crippen LogP) is 5.62. The van der Waals surface area contributed by atoms with Gasteiger partial charge in [0.1, 0.15) is 0 Å². The van der Waals surface area contributed by atoms with Gasteiger partial charge in [0, 0.05) is 11.3 Å². The van der Waals surface area contributed by atoms with E-state index in [0.717, 1.165) is 42.9 Å². The summed E-state index contributed by atoms with van der Waals surface area (Å²) in [6, 6.07) is -0.401. The van der Waals surface area contributed by atoms with Crippen molar-refractivity contribution in [2.75, 3.05) is 0 Å². The van der Waals surface area contributed by atoms with Crippen LogP contribution in [0.5, 0.6) is 0 Å². The lowest BCUT2D eigenvalue weighted by atomic mass is 9.51. The van der Waals surface area contributed by atoms with Gasteiger partial charge in [0.05, 0.1) is 0 Å². The minimum Gasteiger partial charge on any atom is -0.264 e. The topological polar surface area (TPSA) is 43.1 Å². The molecular weight excluding hydrogens is 298 g/mol. The van der Waals surface area contributed by atoms with Crippen LogP contribution in [0.4, 0.5) is 0 Å². The Morgan fingerprint density at radius 2 is 2.00 bits per heavy atom. The standard InChI is InChI=1S/C21H33NO2/c1-3-4-15-6-10-20-19-8-5-14-13-16(22(23)24)7-9-17(14)18(19)11-12-21(15,20)2/h13,15-20H,3-12H2,1-2H3. The smallest absolute Gasteiger partial charge is 0.231 e. The van der Waals surface area contributed by atoms with Crippen LogP contribution in [-0.2, 0) is 0 Å². The molecule has 0 aromatic heterocycles. The summed E-state index contributed by atoms with van der Waals surface area (Å²) in [5, 5.41) is 11.2. The Morgan fingerprint density at radius 3 is 2.75 bits per heavy atom. The van der Waals surface area contributed by atoms with Gasteiger partial charge >= 0.3 is 0 Å². The molecule has 3 fully saturated rings. The first-order chi connectivity index (χ1) is 11.5. The minimum absolute atomic E-state index is 0.0699. The largest absolute Gasteiger partial charge is 0.264 e. The van der Waals surface area contributed by atoms with E-state index in [1.165, 1.54) is 50.5 Å². The molecule has 0 N–H and O–H groups in total. The van der Waals surface area contributed by atoms with E-state index in [9.17, 15) is 10.1 Å². The van der Waals surface area contributed by atoms with Crippen molar-refractivity contribution >= 4 is 0 Å². The molecule has 7 unspecified atom stereocenters. The Kier molecular flexibility index (Phi) is 4.25. The normalized spacial score (nSPS) is 47.3. The first kappa shape index (κ1) is 16.6. The van der Waals surface area contributed by atoms with Crippen LogP contribution in [0.2, 0.25) is 0 Å². The SMILES string of the molecule is CCCC1CCC2C3CCC4=CC([N+](=O)[O-])CCC4C3CCC12C. The maximum absolute atomic E-state index is 11.2. The van der Waals surface area contributed by atoms with Gasteiger partial charge in [-0.05, 0) is 86.0 Å². The van der Waals surface area contributed by atoms with Crippen molar-refractivity contribution in [2.24, 2.45) is 35.0 Å². The molecule has 3 nitrogen and oxygen atoms in total. The van der Waals surface area contributed by atoms with Gasteiger partial charge in [-0.3, -0.25) is 10.1 Å². The number of nitro groups is 1. The van der Waals surface area contributed by atoms with E-state index in [-0.39, 0.29) is 4.92 Å². The third-order valence-corrected chi connectivity index (χ3v) is 8.54. The van der Waals surface area contributed by atoms with Crippen molar-refractivity contribution in [3.8, 4) is 0 Å². The van der Waals surface area contributed by atoms with Gasteiger partial charge in [0.15, 0.2) is 0 Å². The molecule has 0 aromatic carbocycles. The predicted molar refractivity (Wildman–Crippen MR) is 96.3 cm³/mol. The molecule has 0 aliphatic heterocycles. The quantitative estimate of drug-likeness (QED) is 0.382. The maximum atomic E-state index is 11.2. The summed E-state index contributed by atoms with van der Waals surface area (Å²) in [6.45, 7) is 4.95. The maximum Gasteiger partial charge on any atom is 0.231 e. The minimum atomic E-state index is -0.401. The van der Waals surface area contributed by atoms with Crippen molar-refractivity contribution in [3.05, 3.63) is 21.8 Å². The van der Waals surface area contributed by atoms with E-state index in [0.29, 0.717) is 11.3 Å². The zero-order chi connectivity index (χ0) is 16.9. The van der Waals surface area contributed by atoms with Gasteiger partial charge in [-0.25, -0.2) is 0 Å². The zero-order valence-electron chi connectivity index (χ0n) is 15.4. The number of hydrogen-bond acceptors (Lipinski definition) is 2. The fraction of sp³-hybridized carbons (Fsp3) is 0.905. The molecule has 4 aliphatic carbocycles. The second kappa shape index (κ2) is 6.14. The van der Waals surface area contributed by atoms with Crippen LogP contribution in [0.25, 0.3) is 0 Å². The van der Waals surface area contributed by atoms with Crippen LogP contribution in [-0.4, -0.2) is 11.0 Å².